The van der Waals surface area contributed by atoms with Gasteiger partial charge in [0.15, 0.2) is 11.2 Å². The Labute approximate surface area is 185 Å². The molecule has 1 saturated heterocycles. The van der Waals surface area contributed by atoms with E-state index in [0.29, 0.717) is 23.5 Å². The summed E-state index contributed by atoms with van der Waals surface area (Å²) in [6.45, 7) is 5.69. The molecule has 0 saturated carbocycles. The average Bonchev–Trinajstić information content (AvgIpc) is 3.50. The molecule has 8 heteroatoms. The van der Waals surface area contributed by atoms with E-state index in [9.17, 15) is 9.59 Å². The van der Waals surface area contributed by atoms with E-state index in [4.69, 9.17) is 9.72 Å². The molecule has 0 spiro atoms. The number of benzene rings is 1. The SMILES string of the molecule is Cc1c(C)n2c3c(=O)n(CC=Cc4ccccc4)c(=O)n(C)c3nc2n1CC1CCCO1. The van der Waals surface area contributed by atoms with Crippen molar-refractivity contribution in [3.63, 3.8) is 0 Å². The molecule has 3 aromatic heterocycles. The summed E-state index contributed by atoms with van der Waals surface area (Å²) in [5.41, 5.74) is 3.15. The van der Waals surface area contributed by atoms with Crippen molar-refractivity contribution >= 4 is 23.0 Å². The average molecular weight is 434 g/mol. The van der Waals surface area contributed by atoms with E-state index < -0.39 is 0 Å². The van der Waals surface area contributed by atoms with Crippen LogP contribution in [0.25, 0.3) is 23.0 Å². The third-order valence-electron chi connectivity index (χ3n) is 6.44. The van der Waals surface area contributed by atoms with Crippen LogP contribution in [0, 0.1) is 13.8 Å². The highest BCUT2D eigenvalue weighted by Gasteiger charge is 2.24. The van der Waals surface area contributed by atoms with Crippen LogP contribution in [0.4, 0.5) is 0 Å². The molecular weight excluding hydrogens is 406 g/mol. The zero-order chi connectivity index (χ0) is 22.4. The predicted octanol–water partition coefficient (Wildman–Crippen LogP) is 2.66. The molecular formula is C24H27N5O3. The largest absolute Gasteiger partial charge is 0.376 e. The van der Waals surface area contributed by atoms with Gasteiger partial charge < -0.3 is 9.30 Å². The number of nitrogens with zero attached hydrogens (tertiary/aromatic N) is 5. The van der Waals surface area contributed by atoms with Gasteiger partial charge in [-0.15, -0.1) is 0 Å². The summed E-state index contributed by atoms with van der Waals surface area (Å²) in [7, 11) is 1.67. The number of aryl methyl sites for hydroxylation is 2. The van der Waals surface area contributed by atoms with E-state index in [-0.39, 0.29) is 23.9 Å². The molecule has 1 atom stereocenters. The van der Waals surface area contributed by atoms with Crippen LogP contribution in [0.2, 0.25) is 0 Å². The smallest absolute Gasteiger partial charge is 0.332 e. The Morgan fingerprint density at radius 3 is 2.62 bits per heavy atom. The van der Waals surface area contributed by atoms with Crippen LogP contribution in [0.15, 0.2) is 46.0 Å². The van der Waals surface area contributed by atoms with E-state index in [1.54, 1.807) is 7.05 Å². The molecule has 1 aliphatic rings. The maximum atomic E-state index is 13.5. The number of allylic oxidation sites excluding steroid dienone is 1. The summed E-state index contributed by atoms with van der Waals surface area (Å²) in [6.07, 6.45) is 5.97. The summed E-state index contributed by atoms with van der Waals surface area (Å²) in [5, 5.41) is 0. The Kier molecular flexibility index (Phi) is 5.09. The van der Waals surface area contributed by atoms with E-state index in [1.165, 1.54) is 9.13 Å². The number of hydrogen-bond acceptors (Lipinski definition) is 4. The Bertz CT molecular complexity index is 1450. The lowest BCUT2D eigenvalue weighted by Crippen LogP contribution is -2.39. The van der Waals surface area contributed by atoms with Crippen molar-refractivity contribution in [3.8, 4) is 0 Å². The van der Waals surface area contributed by atoms with Crippen molar-refractivity contribution in [2.45, 2.75) is 45.9 Å². The van der Waals surface area contributed by atoms with Gasteiger partial charge in [0.2, 0.25) is 5.78 Å². The van der Waals surface area contributed by atoms with Gasteiger partial charge in [-0.2, -0.15) is 4.98 Å². The lowest BCUT2D eigenvalue weighted by atomic mass is 10.2. The second kappa shape index (κ2) is 7.94. The third-order valence-corrected chi connectivity index (χ3v) is 6.44. The molecule has 1 unspecified atom stereocenters. The molecule has 1 aromatic carbocycles. The summed E-state index contributed by atoms with van der Waals surface area (Å²) in [5.74, 6) is 0.676. The molecule has 32 heavy (non-hydrogen) atoms. The molecule has 5 rings (SSSR count). The number of aromatic nitrogens is 5. The number of rotatable bonds is 5. The Balaban J connectivity index is 1.64. The molecule has 4 heterocycles. The number of hydrogen-bond donors (Lipinski definition) is 0. The summed E-state index contributed by atoms with van der Waals surface area (Å²) >= 11 is 0. The van der Waals surface area contributed by atoms with Gasteiger partial charge in [0.25, 0.3) is 5.56 Å². The maximum Gasteiger partial charge on any atom is 0.332 e. The Hall–Kier alpha value is -3.39. The van der Waals surface area contributed by atoms with Crippen LogP contribution >= 0.6 is 0 Å². The normalized spacial score (nSPS) is 16.8. The Morgan fingerprint density at radius 2 is 1.91 bits per heavy atom. The van der Waals surface area contributed by atoms with Crippen LogP contribution in [-0.4, -0.2) is 35.8 Å². The lowest BCUT2D eigenvalue weighted by molar-refractivity contribution is 0.0974. The van der Waals surface area contributed by atoms with Crippen LogP contribution in [0.5, 0.6) is 0 Å². The van der Waals surface area contributed by atoms with Crippen molar-refractivity contribution in [1.82, 2.24) is 23.1 Å². The van der Waals surface area contributed by atoms with Gasteiger partial charge in [-0.3, -0.25) is 18.3 Å². The van der Waals surface area contributed by atoms with Crippen LogP contribution < -0.4 is 11.2 Å². The van der Waals surface area contributed by atoms with Crippen molar-refractivity contribution < 1.29 is 4.74 Å². The van der Waals surface area contributed by atoms with Gasteiger partial charge >= 0.3 is 5.69 Å². The molecule has 0 radical (unpaired) electrons. The second-order valence-electron chi connectivity index (χ2n) is 8.41. The summed E-state index contributed by atoms with van der Waals surface area (Å²) in [6, 6.07) is 9.80. The van der Waals surface area contributed by atoms with Crippen LogP contribution in [0.1, 0.15) is 29.8 Å². The van der Waals surface area contributed by atoms with Crippen LogP contribution in [0.3, 0.4) is 0 Å². The summed E-state index contributed by atoms with van der Waals surface area (Å²) < 4.78 is 12.5. The minimum absolute atomic E-state index is 0.146. The summed E-state index contributed by atoms with van der Waals surface area (Å²) in [4.78, 5) is 31.2. The molecule has 166 valence electrons. The Morgan fingerprint density at radius 1 is 1.12 bits per heavy atom. The second-order valence-corrected chi connectivity index (χ2v) is 8.41. The van der Waals surface area contributed by atoms with Gasteiger partial charge in [0, 0.05) is 31.6 Å². The highest BCUT2D eigenvalue weighted by molar-refractivity contribution is 5.76. The van der Waals surface area contributed by atoms with Crippen LogP contribution in [-0.2, 0) is 24.9 Å². The number of fused-ring (bicyclic) bond motifs is 3. The first-order chi connectivity index (χ1) is 15.5. The molecule has 0 amide bonds. The zero-order valence-corrected chi connectivity index (χ0v) is 18.6. The molecule has 4 aromatic rings. The first-order valence-corrected chi connectivity index (χ1v) is 11.0. The van der Waals surface area contributed by atoms with Gasteiger partial charge in [0.1, 0.15) is 0 Å². The van der Waals surface area contributed by atoms with Crippen molar-refractivity contribution in [1.29, 1.82) is 0 Å². The van der Waals surface area contributed by atoms with Crippen molar-refractivity contribution in [2.24, 2.45) is 7.05 Å². The fourth-order valence-electron chi connectivity index (χ4n) is 4.54. The first kappa shape index (κ1) is 20.5. The highest BCUT2D eigenvalue weighted by Crippen LogP contribution is 2.23. The zero-order valence-electron chi connectivity index (χ0n) is 18.6. The van der Waals surface area contributed by atoms with E-state index >= 15 is 0 Å². The van der Waals surface area contributed by atoms with Crippen molar-refractivity contribution in [3.05, 3.63) is 74.2 Å². The third kappa shape index (κ3) is 3.22. The highest BCUT2D eigenvalue weighted by atomic mass is 16.5. The molecule has 8 nitrogen and oxygen atoms in total. The quantitative estimate of drug-likeness (QED) is 0.485. The fraction of sp³-hybridized carbons (Fsp3) is 0.375. The van der Waals surface area contributed by atoms with E-state index in [1.807, 2.05) is 60.7 Å². The molecule has 0 aliphatic carbocycles. The topological polar surface area (TPSA) is 75.5 Å². The van der Waals surface area contributed by atoms with E-state index in [0.717, 1.165) is 36.4 Å². The standard InChI is InChI=1S/C24H27N5O3/c1-16-17(2)29-20-21(25-23(29)28(16)15-19-12-8-14-32-19)26(3)24(31)27(22(20)30)13-7-11-18-9-5-4-6-10-18/h4-7,9-11,19H,8,12-15H2,1-3H3. The monoisotopic (exact) mass is 433 g/mol. The first-order valence-electron chi connectivity index (χ1n) is 11.0. The molecule has 0 bridgehead atoms. The lowest BCUT2D eigenvalue weighted by Gasteiger charge is -2.12. The van der Waals surface area contributed by atoms with Gasteiger partial charge in [-0.05, 0) is 32.3 Å². The molecule has 0 N–H and O–H groups in total. The predicted molar refractivity (Wildman–Crippen MR) is 124 cm³/mol. The fourth-order valence-corrected chi connectivity index (χ4v) is 4.54. The van der Waals surface area contributed by atoms with Gasteiger partial charge in [-0.1, -0.05) is 42.5 Å². The number of imidazole rings is 2. The maximum absolute atomic E-state index is 13.5. The van der Waals surface area contributed by atoms with Crippen molar-refractivity contribution in [2.75, 3.05) is 6.61 Å². The molecule has 1 aliphatic heterocycles. The van der Waals surface area contributed by atoms with Gasteiger partial charge in [-0.25, -0.2) is 4.79 Å². The molecule has 1 fully saturated rings. The van der Waals surface area contributed by atoms with Gasteiger partial charge in [0.05, 0.1) is 12.6 Å². The van der Waals surface area contributed by atoms with E-state index in [2.05, 4.69) is 4.57 Å². The number of ether oxygens (including phenoxy) is 1. The minimum Gasteiger partial charge on any atom is -0.376 e. The minimum atomic E-state index is -0.374.